The quantitative estimate of drug-likeness (QED) is 0.553. The summed E-state index contributed by atoms with van der Waals surface area (Å²) in [6, 6.07) is 7.62. The molecule has 7 nitrogen and oxygen atoms in total. The average molecular weight is 467 g/mol. The first-order valence-electron chi connectivity index (χ1n) is 8.41. The molecule has 0 aromatic heterocycles. The third kappa shape index (κ3) is 6.87. The molecule has 0 atom stereocenters. The second-order valence-corrected chi connectivity index (χ2v) is 8.07. The number of ether oxygens (including phenoxy) is 2. The SMILES string of the molecule is COCCNS(=O)(=O)c1ccc(OCC(=O)Nc2ccc(C(F)(F)F)cc2)c(Cl)c1. The van der Waals surface area contributed by atoms with E-state index in [2.05, 4.69) is 10.0 Å². The number of carbonyl (C=O) groups is 1. The Bertz CT molecular complexity index is 982. The zero-order valence-corrected chi connectivity index (χ0v) is 17.2. The van der Waals surface area contributed by atoms with Crippen molar-refractivity contribution >= 4 is 33.2 Å². The van der Waals surface area contributed by atoms with Gasteiger partial charge >= 0.3 is 6.18 Å². The maximum Gasteiger partial charge on any atom is 0.416 e. The molecule has 1 amide bonds. The van der Waals surface area contributed by atoms with Crippen molar-refractivity contribution in [3.05, 3.63) is 53.1 Å². The molecule has 0 heterocycles. The number of methoxy groups -OCH3 is 1. The normalized spacial score (nSPS) is 11.9. The van der Waals surface area contributed by atoms with Crippen LogP contribution in [0.1, 0.15) is 5.56 Å². The summed E-state index contributed by atoms with van der Waals surface area (Å²) < 4.78 is 74.2. The highest BCUT2D eigenvalue weighted by Crippen LogP contribution is 2.30. The number of alkyl halides is 3. The second-order valence-electron chi connectivity index (χ2n) is 5.89. The summed E-state index contributed by atoms with van der Waals surface area (Å²) in [5.41, 5.74) is -0.679. The molecule has 2 aromatic carbocycles. The number of nitrogens with one attached hydrogen (secondary N) is 2. The first-order valence-corrected chi connectivity index (χ1v) is 10.3. The summed E-state index contributed by atoms with van der Waals surface area (Å²) in [5.74, 6) is -0.571. The van der Waals surface area contributed by atoms with Gasteiger partial charge in [-0.15, -0.1) is 0 Å². The van der Waals surface area contributed by atoms with Crippen molar-refractivity contribution in [2.24, 2.45) is 0 Å². The number of amides is 1. The molecular formula is C18H18ClF3N2O5S. The van der Waals surface area contributed by atoms with E-state index in [0.717, 1.165) is 24.3 Å². The maximum absolute atomic E-state index is 12.5. The molecule has 2 aromatic rings. The van der Waals surface area contributed by atoms with Crippen molar-refractivity contribution in [1.29, 1.82) is 0 Å². The highest BCUT2D eigenvalue weighted by Gasteiger charge is 2.30. The van der Waals surface area contributed by atoms with E-state index in [-0.39, 0.29) is 34.5 Å². The van der Waals surface area contributed by atoms with Crippen molar-refractivity contribution in [2.45, 2.75) is 11.1 Å². The van der Waals surface area contributed by atoms with Crippen LogP contribution in [0.4, 0.5) is 18.9 Å². The number of rotatable bonds is 9. The van der Waals surface area contributed by atoms with E-state index < -0.39 is 34.3 Å². The van der Waals surface area contributed by atoms with Gasteiger partial charge in [-0.1, -0.05) is 11.6 Å². The Morgan fingerprint density at radius 1 is 1.13 bits per heavy atom. The highest BCUT2D eigenvalue weighted by molar-refractivity contribution is 7.89. The predicted molar refractivity (Wildman–Crippen MR) is 104 cm³/mol. The van der Waals surface area contributed by atoms with Crippen LogP contribution in [0.2, 0.25) is 5.02 Å². The summed E-state index contributed by atoms with van der Waals surface area (Å²) in [4.78, 5) is 11.8. The molecule has 0 aliphatic heterocycles. The number of halogens is 4. The fourth-order valence-electron chi connectivity index (χ4n) is 2.21. The Kier molecular flexibility index (Phi) is 8.07. The number of benzene rings is 2. The minimum Gasteiger partial charge on any atom is -0.482 e. The van der Waals surface area contributed by atoms with Crippen molar-refractivity contribution in [3.8, 4) is 5.75 Å². The maximum atomic E-state index is 12.5. The Morgan fingerprint density at radius 3 is 2.37 bits per heavy atom. The van der Waals surface area contributed by atoms with Gasteiger partial charge in [0, 0.05) is 19.3 Å². The van der Waals surface area contributed by atoms with E-state index in [1.54, 1.807) is 0 Å². The molecule has 2 rings (SSSR count). The van der Waals surface area contributed by atoms with Crippen molar-refractivity contribution in [1.82, 2.24) is 4.72 Å². The molecule has 0 unspecified atom stereocenters. The Labute approximate surface area is 176 Å². The van der Waals surface area contributed by atoms with E-state index in [4.69, 9.17) is 21.1 Å². The van der Waals surface area contributed by atoms with Crippen LogP contribution in [0, 0.1) is 0 Å². The van der Waals surface area contributed by atoms with Crippen LogP contribution in [-0.4, -0.2) is 41.2 Å². The molecule has 164 valence electrons. The molecular weight excluding hydrogens is 449 g/mol. The number of hydrogen-bond donors (Lipinski definition) is 2. The number of sulfonamides is 1. The minimum atomic E-state index is -4.47. The van der Waals surface area contributed by atoms with Crippen LogP contribution in [0.5, 0.6) is 5.75 Å². The van der Waals surface area contributed by atoms with E-state index in [1.807, 2.05) is 0 Å². The molecule has 0 aliphatic carbocycles. The van der Waals surface area contributed by atoms with Crippen LogP contribution in [0.15, 0.2) is 47.4 Å². The third-order valence-corrected chi connectivity index (χ3v) is 5.42. The van der Waals surface area contributed by atoms with Crippen molar-refractivity contribution in [3.63, 3.8) is 0 Å². The Hall–Kier alpha value is -2.34. The van der Waals surface area contributed by atoms with Gasteiger partial charge in [-0.05, 0) is 42.5 Å². The first kappa shape index (κ1) is 23.9. The summed E-state index contributed by atoms with van der Waals surface area (Å²) in [7, 11) is -2.35. The highest BCUT2D eigenvalue weighted by atomic mass is 35.5. The molecule has 0 aliphatic rings. The van der Waals surface area contributed by atoms with E-state index in [0.29, 0.717) is 0 Å². The molecule has 0 bridgehead atoms. The molecule has 12 heteroatoms. The number of hydrogen-bond acceptors (Lipinski definition) is 5. The Balaban J connectivity index is 1.94. The van der Waals surface area contributed by atoms with Gasteiger partial charge in [-0.2, -0.15) is 13.2 Å². The lowest BCUT2D eigenvalue weighted by Gasteiger charge is -2.11. The fourth-order valence-corrected chi connectivity index (χ4v) is 3.55. The van der Waals surface area contributed by atoms with Gasteiger partial charge in [-0.25, -0.2) is 13.1 Å². The lowest BCUT2D eigenvalue weighted by atomic mass is 10.2. The Morgan fingerprint density at radius 2 is 1.80 bits per heavy atom. The molecule has 0 saturated heterocycles. The van der Waals surface area contributed by atoms with Gasteiger partial charge in [0.05, 0.1) is 22.1 Å². The zero-order chi connectivity index (χ0) is 22.4. The lowest BCUT2D eigenvalue weighted by Crippen LogP contribution is -2.27. The van der Waals surface area contributed by atoms with Gasteiger partial charge in [0.2, 0.25) is 10.0 Å². The third-order valence-electron chi connectivity index (χ3n) is 3.67. The average Bonchev–Trinajstić information content (AvgIpc) is 2.67. The van der Waals surface area contributed by atoms with Crippen LogP contribution in [0.3, 0.4) is 0 Å². The van der Waals surface area contributed by atoms with Gasteiger partial charge in [-0.3, -0.25) is 4.79 Å². The summed E-state index contributed by atoms with van der Waals surface area (Å²) in [6.45, 7) is -0.208. The van der Waals surface area contributed by atoms with Gasteiger partial charge in [0.1, 0.15) is 5.75 Å². The molecule has 0 spiro atoms. The zero-order valence-electron chi connectivity index (χ0n) is 15.6. The second kappa shape index (κ2) is 10.1. The molecule has 0 radical (unpaired) electrons. The van der Waals surface area contributed by atoms with E-state index >= 15 is 0 Å². The monoisotopic (exact) mass is 466 g/mol. The predicted octanol–water partition coefficient (Wildman–Crippen LogP) is 3.30. The summed E-state index contributed by atoms with van der Waals surface area (Å²) >= 11 is 6.02. The van der Waals surface area contributed by atoms with Gasteiger partial charge in [0.15, 0.2) is 6.61 Å². The van der Waals surface area contributed by atoms with Crippen LogP contribution >= 0.6 is 11.6 Å². The van der Waals surface area contributed by atoms with Crippen LogP contribution < -0.4 is 14.8 Å². The number of carbonyl (C=O) groups excluding carboxylic acids is 1. The van der Waals surface area contributed by atoms with Crippen molar-refractivity contribution in [2.75, 3.05) is 32.2 Å². The van der Waals surface area contributed by atoms with Crippen LogP contribution in [-0.2, 0) is 25.7 Å². The number of anilines is 1. The van der Waals surface area contributed by atoms with Crippen LogP contribution in [0.25, 0.3) is 0 Å². The fraction of sp³-hybridized carbons (Fsp3) is 0.278. The standard InChI is InChI=1S/C18H18ClF3N2O5S/c1-28-9-8-23-30(26,27)14-6-7-16(15(19)10-14)29-11-17(25)24-13-4-2-12(3-5-13)18(20,21)22/h2-7,10,23H,8-9,11H2,1H3,(H,24,25). The smallest absolute Gasteiger partial charge is 0.416 e. The summed E-state index contributed by atoms with van der Waals surface area (Å²) in [5, 5.41) is 2.35. The minimum absolute atomic E-state index is 0.0352. The molecule has 30 heavy (non-hydrogen) atoms. The lowest BCUT2D eigenvalue weighted by molar-refractivity contribution is -0.137. The van der Waals surface area contributed by atoms with E-state index in [9.17, 15) is 26.4 Å². The van der Waals surface area contributed by atoms with Gasteiger partial charge < -0.3 is 14.8 Å². The topological polar surface area (TPSA) is 93.7 Å². The largest absolute Gasteiger partial charge is 0.482 e. The van der Waals surface area contributed by atoms with Crippen molar-refractivity contribution < 1.29 is 35.9 Å². The molecule has 0 fully saturated rings. The molecule has 0 saturated carbocycles. The first-order chi connectivity index (χ1) is 14.0. The summed E-state index contributed by atoms with van der Waals surface area (Å²) in [6.07, 6.45) is -4.47. The van der Waals surface area contributed by atoms with E-state index in [1.165, 1.54) is 25.3 Å². The van der Waals surface area contributed by atoms with Gasteiger partial charge in [0.25, 0.3) is 5.91 Å². The molecule has 2 N–H and O–H groups in total.